The molecule has 0 saturated carbocycles. The molecule has 0 N–H and O–H groups in total. The van der Waals surface area contributed by atoms with Crippen molar-refractivity contribution in [2.75, 3.05) is 44.2 Å². The summed E-state index contributed by atoms with van der Waals surface area (Å²) in [4.78, 5) is 36.1. The quantitative estimate of drug-likeness (QED) is 0.322. The normalized spacial score (nSPS) is 19.3. The number of para-hydroxylation sites is 1. The van der Waals surface area contributed by atoms with Crippen molar-refractivity contribution in [2.45, 2.75) is 30.8 Å². The van der Waals surface area contributed by atoms with Crippen molar-refractivity contribution in [2.24, 2.45) is 0 Å². The third-order valence-corrected chi connectivity index (χ3v) is 7.67. The number of rotatable bonds is 5. The Bertz CT molecular complexity index is 1450. The molecule has 2 aliphatic rings. The number of nitrogens with zero attached hydrogens (tertiary/aromatic N) is 4. The van der Waals surface area contributed by atoms with Gasteiger partial charge in [0.1, 0.15) is 5.75 Å². The summed E-state index contributed by atoms with van der Waals surface area (Å²) >= 11 is 0. The van der Waals surface area contributed by atoms with Gasteiger partial charge >= 0.3 is 12.4 Å². The van der Waals surface area contributed by atoms with Crippen LogP contribution in [0.1, 0.15) is 34.3 Å². The van der Waals surface area contributed by atoms with Crippen molar-refractivity contribution >= 4 is 29.9 Å². The molecule has 1 aromatic heterocycles. The lowest BCUT2D eigenvalue weighted by Crippen LogP contribution is -2.64. The molecular weight excluding hydrogens is 614 g/mol. The third-order valence-electron chi connectivity index (χ3n) is 7.67. The zero-order valence-electron chi connectivity index (χ0n) is 23.3. The second-order valence-electron chi connectivity index (χ2n) is 10.5. The lowest BCUT2D eigenvalue weighted by molar-refractivity contribution is -0.153. The molecular formula is C30H29ClF6N4O3. The van der Waals surface area contributed by atoms with Gasteiger partial charge in [0, 0.05) is 50.8 Å². The molecule has 1 unspecified atom stereocenters. The molecule has 3 aromatic rings. The molecule has 236 valence electrons. The van der Waals surface area contributed by atoms with E-state index >= 15 is 0 Å². The van der Waals surface area contributed by atoms with E-state index in [1.54, 1.807) is 4.90 Å². The number of ether oxygens (including phenoxy) is 1. The average Bonchev–Trinajstić information content (AvgIpc) is 3.00. The maximum atomic E-state index is 14.2. The zero-order valence-corrected chi connectivity index (χ0v) is 24.1. The minimum absolute atomic E-state index is 0. The second kappa shape index (κ2) is 12.9. The van der Waals surface area contributed by atoms with E-state index in [4.69, 9.17) is 4.74 Å². The Balaban J connectivity index is 0.00000442. The highest BCUT2D eigenvalue weighted by atomic mass is 35.5. The van der Waals surface area contributed by atoms with Crippen molar-refractivity contribution in [3.05, 3.63) is 89.7 Å². The molecule has 0 spiro atoms. The number of piperidine rings is 1. The van der Waals surface area contributed by atoms with E-state index in [2.05, 4.69) is 9.88 Å². The predicted octanol–water partition coefficient (Wildman–Crippen LogP) is 5.94. The van der Waals surface area contributed by atoms with Crippen LogP contribution in [0.5, 0.6) is 5.75 Å². The van der Waals surface area contributed by atoms with Crippen LogP contribution in [0.15, 0.2) is 73.1 Å². The first kappa shape index (κ1) is 32.9. The fourth-order valence-electron chi connectivity index (χ4n) is 5.51. The standard InChI is InChI=1S/C30H28F6N4O3.ClH/c31-29(32,33)21-7-9-23(10-8-21)43-28(27(42)39-17-15-38(16-18-39)22-5-2-1-3-6-22)12-4-14-40(20-28)26(41)24-19-37-13-11-25(24)30(34,35)36;/h1-3,5-11,13,19H,4,12,14-18,20H2;1H. The van der Waals surface area contributed by atoms with Crippen LogP contribution in [0.3, 0.4) is 0 Å². The van der Waals surface area contributed by atoms with Crippen LogP contribution in [-0.2, 0) is 17.1 Å². The Labute approximate surface area is 255 Å². The van der Waals surface area contributed by atoms with Gasteiger partial charge in [0.2, 0.25) is 5.60 Å². The summed E-state index contributed by atoms with van der Waals surface area (Å²) in [5, 5.41) is 0. The molecule has 2 aromatic carbocycles. The number of amides is 2. The van der Waals surface area contributed by atoms with Gasteiger partial charge in [-0.15, -0.1) is 12.4 Å². The molecule has 3 heterocycles. The molecule has 0 radical (unpaired) electrons. The predicted molar refractivity (Wildman–Crippen MR) is 152 cm³/mol. The number of halogens is 7. The Morgan fingerprint density at radius 3 is 2.07 bits per heavy atom. The average molecular weight is 643 g/mol. The molecule has 14 heteroatoms. The van der Waals surface area contributed by atoms with Gasteiger partial charge in [-0.1, -0.05) is 18.2 Å². The minimum atomic E-state index is -4.81. The summed E-state index contributed by atoms with van der Waals surface area (Å²) in [6, 6.07) is 14.1. The third kappa shape index (κ3) is 7.03. The number of carbonyl (C=O) groups is 2. The summed E-state index contributed by atoms with van der Waals surface area (Å²) in [7, 11) is 0. The number of benzene rings is 2. The van der Waals surface area contributed by atoms with Crippen LogP contribution >= 0.6 is 12.4 Å². The summed E-state index contributed by atoms with van der Waals surface area (Å²) in [5.41, 5.74) is -3.48. The Morgan fingerprint density at radius 2 is 1.45 bits per heavy atom. The molecule has 0 aliphatic carbocycles. The number of hydrogen-bond donors (Lipinski definition) is 0. The fraction of sp³-hybridized carbons (Fsp3) is 0.367. The highest BCUT2D eigenvalue weighted by molar-refractivity contribution is 5.96. The van der Waals surface area contributed by atoms with Gasteiger partial charge in [0.15, 0.2) is 0 Å². The second-order valence-corrected chi connectivity index (χ2v) is 10.5. The van der Waals surface area contributed by atoms with Crippen molar-refractivity contribution in [3.8, 4) is 5.75 Å². The number of aromatic nitrogens is 1. The molecule has 2 saturated heterocycles. The van der Waals surface area contributed by atoms with E-state index in [0.717, 1.165) is 47.2 Å². The number of anilines is 1. The monoisotopic (exact) mass is 642 g/mol. The van der Waals surface area contributed by atoms with E-state index in [-0.39, 0.29) is 37.5 Å². The molecule has 2 amide bonds. The van der Waals surface area contributed by atoms with Crippen molar-refractivity contribution in [1.29, 1.82) is 0 Å². The topological polar surface area (TPSA) is 66.0 Å². The van der Waals surface area contributed by atoms with E-state index in [1.807, 2.05) is 30.3 Å². The highest BCUT2D eigenvalue weighted by Gasteiger charge is 2.49. The number of likely N-dealkylation sites (tertiary alicyclic amines) is 1. The molecule has 0 bridgehead atoms. The zero-order chi connectivity index (χ0) is 30.8. The summed E-state index contributed by atoms with van der Waals surface area (Å²) in [5.74, 6) is -1.49. The molecule has 44 heavy (non-hydrogen) atoms. The summed E-state index contributed by atoms with van der Waals surface area (Å²) in [6.45, 7) is 1.27. The van der Waals surface area contributed by atoms with Crippen molar-refractivity contribution in [1.82, 2.24) is 14.8 Å². The van der Waals surface area contributed by atoms with Gasteiger partial charge in [0.05, 0.1) is 23.2 Å². The van der Waals surface area contributed by atoms with Gasteiger partial charge in [-0.25, -0.2) is 0 Å². The fourth-order valence-corrected chi connectivity index (χ4v) is 5.51. The van der Waals surface area contributed by atoms with Gasteiger partial charge in [0.25, 0.3) is 11.8 Å². The van der Waals surface area contributed by atoms with Crippen LogP contribution in [0.25, 0.3) is 0 Å². The van der Waals surface area contributed by atoms with Gasteiger partial charge < -0.3 is 19.4 Å². The number of pyridine rings is 1. The number of carbonyl (C=O) groups excluding carboxylic acids is 2. The first-order valence-corrected chi connectivity index (χ1v) is 13.6. The van der Waals surface area contributed by atoms with Crippen LogP contribution in [0.2, 0.25) is 0 Å². The van der Waals surface area contributed by atoms with Crippen molar-refractivity contribution in [3.63, 3.8) is 0 Å². The first-order valence-electron chi connectivity index (χ1n) is 13.6. The lowest BCUT2D eigenvalue weighted by Gasteiger charge is -2.45. The molecule has 2 aliphatic heterocycles. The van der Waals surface area contributed by atoms with Gasteiger partial charge in [-0.05, 0) is 55.3 Å². The van der Waals surface area contributed by atoms with Crippen LogP contribution in [-0.4, -0.2) is 71.5 Å². The van der Waals surface area contributed by atoms with E-state index in [9.17, 15) is 35.9 Å². The Morgan fingerprint density at radius 1 is 0.795 bits per heavy atom. The molecule has 5 rings (SSSR count). The van der Waals surface area contributed by atoms with Gasteiger partial charge in [-0.2, -0.15) is 26.3 Å². The summed E-state index contributed by atoms with van der Waals surface area (Å²) < 4.78 is 86.7. The lowest BCUT2D eigenvalue weighted by atomic mass is 9.89. The van der Waals surface area contributed by atoms with Gasteiger partial charge in [-0.3, -0.25) is 14.6 Å². The van der Waals surface area contributed by atoms with Crippen LogP contribution < -0.4 is 9.64 Å². The van der Waals surface area contributed by atoms with E-state index in [1.165, 1.54) is 0 Å². The van der Waals surface area contributed by atoms with E-state index < -0.39 is 53.0 Å². The molecule has 2 fully saturated rings. The van der Waals surface area contributed by atoms with Crippen LogP contribution in [0.4, 0.5) is 32.0 Å². The number of hydrogen-bond acceptors (Lipinski definition) is 5. The SMILES string of the molecule is Cl.O=C(c1cnccc1C(F)(F)F)N1CCCC(Oc2ccc(C(F)(F)F)cc2)(C(=O)N2CCN(c3ccccc3)CC2)C1. The largest absolute Gasteiger partial charge is 0.476 e. The first-order chi connectivity index (χ1) is 20.4. The molecule has 7 nitrogen and oxygen atoms in total. The maximum absolute atomic E-state index is 14.2. The Kier molecular flexibility index (Phi) is 9.67. The number of alkyl halides is 6. The molecule has 1 atom stereocenters. The van der Waals surface area contributed by atoms with Crippen molar-refractivity contribution < 1.29 is 40.7 Å². The number of piperazine rings is 1. The smallest absolute Gasteiger partial charge is 0.417 e. The maximum Gasteiger partial charge on any atom is 0.417 e. The minimum Gasteiger partial charge on any atom is -0.476 e. The summed E-state index contributed by atoms with van der Waals surface area (Å²) in [6.07, 6.45) is -7.31. The van der Waals surface area contributed by atoms with Crippen LogP contribution in [0, 0.1) is 0 Å². The Hall–Kier alpha value is -4.00. The highest BCUT2D eigenvalue weighted by Crippen LogP contribution is 2.36. The van der Waals surface area contributed by atoms with E-state index in [0.29, 0.717) is 32.2 Å².